The lowest BCUT2D eigenvalue weighted by molar-refractivity contribution is -0.253. The molecule has 0 aliphatic carbocycles. The van der Waals surface area contributed by atoms with Gasteiger partial charge >= 0.3 is 0 Å². The minimum atomic E-state index is -0.594. The lowest BCUT2D eigenvalue weighted by Gasteiger charge is -2.41. The highest BCUT2D eigenvalue weighted by Crippen LogP contribution is 2.39. The van der Waals surface area contributed by atoms with Gasteiger partial charge in [-0.25, -0.2) is 0 Å². The van der Waals surface area contributed by atoms with E-state index in [-0.39, 0.29) is 30.6 Å². The van der Waals surface area contributed by atoms with Crippen molar-refractivity contribution < 1.29 is 24.2 Å². The number of anilines is 2. The van der Waals surface area contributed by atoms with Crippen molar-refractivity contribution in [2.24, 2.45) is 0 Å². The quantitative estimate of drug-likeness (QED) is 0.111. The maximum absolute atomic E-state index is 12.9. The first kappa shape index (κ1) is 37.4. The molecule has 3 N–H and O–H groups in total. The number of amides is 2. The van der Waals surface area contributed by atoms with Gasteiger partial charge in [-0.1, -0.05) is 91.3 Å². The summed E-state index contributed by atoms with van der Waals surface area (Å²) in [5, 5.41) is 15.6. The SMILES string of the molecule is Cc1ccccc1NC(=O)CCCCCC(=O)Nc1cccc([C@@H]2O[C@H](CN3CCN(Cc4ccccc4)CC3)C[C@H](c3ccc(CO)cc3)O2)c1. The summed E-state index contributed by atoms with van der Waals surface area (Å²) in [4.78, 5) is 30.2. The molecule has 0 bridgehead atoms. The molecule has 3 atom stereocenters. The van der Waals surface area contributed by atoms with Crippen LogP contribution < -0.4 is 10.6 Å². The molecule has 52 heavy (non-hydrogen) atoms. The van der Waals surface area contributed by atoms with Crippen molar-refractivity contribution in [3.8, 4) is 0 Å². The topological polar surface area (TPSA) is 103 Å². The number of para-hydroxylation sites is 1. The average molecular weight is 705 g/mol. The highest BCUT2D eigenvalue weighted by atomic mass is 16.7. The van der Waals surface area contributed by atoms with Crippen LogP contribution in [0.2, 0.25) is 0 Å². The van der Waals surface area contributed by atoms with Crippen molar-refractivity contribution in [2.75, 3.05) is 43.4 Å². The normalized spacial score (nSPS) is 19.6. The van der Waals surface area contributed by atoms with E-state index in [1.165, 1.54) is 5.56 Å². The Morgan fingerprint density at radius 3 is 2.13 bits per heavy atom. The number of aryl methyl sites for hydroxylation is 1. The second-order valence-corrected chi connectivity index (χ2v) is 14.0. The molecule has 2 heterocycles. The molecule has 4 aromatic rings. The van der Waals surface area contributed by atoms with Crippen LogP contribution in [-0.2, 0) is 32.2 Å². The smallest absolute Gasteiger partial charge is 0.224 e. The fourth-order valence-electron chi connectivity index (χ4n) is 6.95. The molecule has 2 amide bonds. The number of piperazine rings is 1. The van der Waals surface area contributed by atoms with Crippen molar-refractivity contribution >= 4 is 23.2 Å². The molecule has 4 aromatic carbocycles. The summed E-state index contributed by atoms with van der Waals surface area (Å²) in [7, 11) is 0. The van der Waals surface area contributed by atoms with Gasteiger partial charge < -0.3 is 25.2 Å². The van der Waals surface area contributed by atoms with Crippen LogP contribution in [0.3, 0.4) is 0 Å². The van der Waals surface area contributed by atoms with E-state index >= 15 is 0 Å². The van der Waals surface area contributed by atoms with Gasteiger partial charge in [0.2, 0.25) is 11.8 Å². The molecule has 2 aliphatic heterocycles. The van der Waals surface area contributed by atoms with Gasteiger partial charge in [0.05, 0.1) is 18.8 Å². The van der Waals surface area contributed by atoms with Gasteiger partial charge in [-0.15, -0.1) is 0 Å². The zero-order valence-corrected chi connectivity index (χ0v) is 30.2. The van der Waals surface area contributed by atoms with E-state index in [1.807, 2.05) is 79.7 Å². The van der Waals surface area contributed by atoms with Crippen LogP contribution in [0.25, 0.3) is 0 Å². The summed E-state index contributed by atoms with van der Waals surface area (Å²) in [6, 6.07) is 34.1. The summed E-state index contributed by atoms with van der Waals surface area (Å²) in [5.74, 6) is -0.0612. The van der Waals surface area contributed by atoms with Crippen LogP contribution in [0.1, 0.15) is 78.7 Å². The van der Waals surface area contributed by atoms with E-state index in [0.717, 1.165) is 86.5 Å². The van der Waals surface area contributed by atoms with Crippen molar-refractivity contribution in [2.45, 2.75) is 77.1 Å². The van der Waals surface area contributed by atoms with Crippen molar-refractivity contribution in [3.05, 3.63) is 131 Å². The molecule has 0 spiro atoms. The Kier molecular flexibility index (Phi) is 13.6. The van der Waals surface area contributed by atoms with Gasteiger partial charge in [-0.05, 0) is 60.2 Å². The van der Waals surface area contributed by atoms with E-state index in [1.54, 1.807) is 0 Å². The maximum Gasteiger partial charge on any atom is 0.224 e. The molecule has 274 valence electrons. The highest BCUT2D eigenvalue weighted by molar-refractivity contribution is 5.91. The first-order valence-corrected chi connectivity index (χ1v) is 18.7. The molecular weight excluding hydrogens is 652 g/mol. The first-order chi connectivity index (χ1) is 25.4. The predicted molar refractivity (Wildman–Crippen MR) is 205 cm³/mol. The number of ether oxygens (including phenoxy) is 2. The Morgan fingerprint density at radius 1 is 0.712 bits per heavy atom. The number of hydrogen-bond donors (Lipinski definition) is 3. The third-order valence-corrected chi connectivity index (χ3v) is 9.96. The van der Waals surface area contributed by atoms with Crippen LogP contribution >= 0.6 is 0 Å². The average Bonchev–Trinajstić information content (AvgIpc) is 3.17. The number of unbranched alkanes of at least 4 members (excludes halogenated alkanes) is 2. The number of rotatable bonds is 15. The third kappa shape index (κ3) is 11.1. The van der Waals surface area contributed by atoms with E-state index in [2.05, 4.69) is 50.8 Å². The van der Waals surface area contributed by atoms with Crippen molar-refractivity contribution in [1.82, 2.24) is 9.80 Å². The number of hydrogen-bond acceptors (Lipinski definition) is 7. The molecule has 2 fully saturated rings. The second-order valence-electron chi connectivity index (χ2n) is 14.0. The van der Waals surface area contributed by atoms with Crippen LogP contribution in [0.15, 0.2) is 103 Å². The number of aliphatic hydroxyl groups is 1. The van der Waals surface area contributed by atoms with Crippen LogP contribution in [0.5, 0.6) is 0 Å². The molecule has 0 aromatic heterocycles. The van der Waals surface area contributed by atoms with Gasteiger partial charge in [0.1, 0.15) is 0 Å². The summed E-state index contributed by atoms with van der Waals surface area (Å²) >= 11 is 0. The summed E-state index contributed by atoms with van der Waals surface area (Å²) in [6.45, 7) is 7.75. The maximum atomic E-state index is 12.9. The molecule has 6 rings (SSSR count). The molecule has 9 nitrogen and oxygen atoms in total. The highest BCUT2D eigenvalue weighted by Gasteiger charge is 2.34. The van der Waals surface area contributed by atoms with Gasteiger partial charge in [0.15, 0.2) is 6.29 Å². The third-order valence-electron chi connectivity index (χ3n) is 9.96. The first-order valence-electron chi connectivity index (χ1n) is 18.7. The molecule has 2 saturated heterocycles. The number of carbonyl (C=O) groups excluding carboxylic acids is 2. The van der Waals surface area contributed by atoms with E-state index in [0.29, 0.717) is 24.9 Å². The Hall–Kier alpha value is -4.38. The van der Waals surface area contributed by atoms with Gasteiger partial charge in [-0.2, -0.15) is 0 Å². The molecule has 0 saturated carbocycles. The standard InChI is InChI=1S/C43H52N4O5/c1-32-11-8-9-16-39(32)45-42(50)18-7-3-6-17-41(49)44-37-15-10-14-36(27-37)43-51-38(28-40(52-43)35-21-19-34(31-48)20-22-35)30-47-25-23-46(24-26-47)29-33-12-4-2-5-13-33/h2,4-5,8-16,19-22,27,38,40,43,48H,3,6-7,17-18,23-26,28-31H2,1H3,(H,44,49)(H,45,50)/t38-,40+,43+/m0/s1. The van der Waals surface area contributed by atoms with Crippen LogP contribution in [-0.4, -0.2) is 65.5 Å². The van der Waals surface area contributed by atoms with Crippen molar-refractivity contribution in [3.63, 3.8) is 0 Å². The predicted octanol–water partition coefficient (Wildman–Crippen LogP) is 7.38. The zero-order valence-electron chi connectivity index (χ0n) is 30.2. The molecular formula is C43H52N4O5. The van der Waals surface area contributed by atoms with E-state index in [9.17, 15) is 14.7 Å². The Morgan fingerprint density at radius 2 is 1.40 bits per heavy atom. The minimum absolute atomic E-state index is 0.000575. The second kappa shape index (κ2) is 18.9. The number of aliphatic hydroxyl groups excluding tert-OH is 1. The Balaban J connectivity index is 1.01. The van der Waals surface area contributed by atoms with Crippen molar-refractivity contribution in [1.29, 1.82) is 0 Å². The molecule has 0 unspecified atom stereocenters. The fourth-order valence-corrected chi connectivity index (χ4v) is 6.95. The lowest BCUT2D eigenvalue weighted by Crippen LogP contribution is -2.49. The number of carbonyl (C=O) groups is 2. The van der Waals surface area contributed by atoms with Crippen LogP contribution in [0, 0.1) is 6.92 Å². The fraction of sp³-hybridized carbons (Fsp3) is 0.395. The molecule has 0 radical (unpaired) electrons. The molecule has 9 heteroatoms. The number of nitrogens with zero attached hydrogens (tertiary/aromatic N) is 2. The van der Waals surface area contributed by atoms with Crippen LogP contribution in [0.4, 0.5) is 11.4 Å². The van der Waals surface area contributed by atoms with E-state index in [4.69, 9.17) is 9.47 Å². The Labute approximate surface area is 307 Å². The lowest BCUT2D eigenvalue weighted by atomic mass is 9.99. The number of nitrogens with one attached hydrogen (secondary N) is 2. The van der Waals surface area contributed by atoms with Gasteiger partial charge in [-0.3, -0.25) is 19.4 Å². The number of benzene rings is 4. The summed E-state index contributed by atoms with van der Waals surface area (Å²) in [6.07, 6.45) is 2.95. The molecule has 2 aliphatic rings. The largest absolute Gasteiger partial charge is 0.392 e. The van der Waals surface area contributed by atoms with Gasteiger partial charge in [0, 0.05) is 75.5 Å². The minimum Gasteiger partial charge on any atom is -0.392 e. The summed E-state index contributed by atoms with van der Waals surface area (Å²) in [5.41, 5.74) is 6.70. The summed E-state index contributed by atoms with van der Waals surface area (Å²) < 4.78 is 13.2. The van der Waals surface area contributed by atoms with Gasteiger partial charge in [0.25, 0.3) is 0 Å². The Bertz CT molecular complexity index is 1730. The van der Waals surface area contributed by atoms with E-state index < -0.39 is 6.29 Å². The monoisotopic (exact) mass is 704 g/mol. The zero-order chi connectivity index (χ0) is 36.1.